The van der Waals surface area contributed by atoms with E-state index < -0.39 is 44.9 Å². The van der Waals surface area contributed by atoms with Crippen LogP contribution in [0.25, 0.3) is 0 Å². The van der Waals surface area contributed by atoms with E-state index in [1.807, 2.05) is 6.07 Å². The zero-order valence-electron chi connectivity index (χ0n) is 24.5. The second-order valence-electron chi connectivity index (χ2n) is 10.6. The zero-order chi connectivity index (χ0) is 32.6. The highest BCUT2D eigenvalue weighted by Crippen LogP contribution is 2.62. The van der Waals surface area contributed by atoms with Gasteiger partial charge in [-0.05, 0) is 29.8 Å². The van der Waals surface area contributed by atoms with Crippen molar-refractivity contribution in [2.24, 2.45) is 11.0 Å². The summed E-state index contributed by atoms with van der Waals surface area (Å²) in [4.78, 5) is 53.3. The number of azo groups is 1. The predicted octanol–water partition coefficient (Wildman–Crippen LogP) is 4.72. The highest BCUT2D eigenvalue weighted by atomic mass is 16.6. The van der Waals surface area contributed by atoms with Gasteiger partial charge in [0.05, 0.1) is 24.1 Å². The van der Waals surface area contributed by atoms with E-state index in [2.05, 4.69) is 5.43 Å². The Morgan fingerprint density at radius 2 is 1.28 bits per heavy atom. The molecule has 0 unspecified atom stereocenters. The number of ether oxygens (including phenoxy) is 2. The minimum Gasteiger partial charge on any atom is -0.469 e. The van der Waals surface area contributed by atoms with Crippen molar-refractivity contribution in [1.29, 1.82) is 0 Å². The number of carbonyl (C=O) groups excluding carboxylic acids is 2. The molecular weight excluding hydrogens is 596 g/mol. The molecule has 4 aromatic rings. The van der Waals surface area contributed by atoms with Crippen LogP contribution in [-0.2, 0) is 30.3 Å². The SMILES string of the molecule is COC(=O)[C@@H]1[C@H](C(=O)OC)N(c2ccc([N+](=O)[O-])cc2)[C@@]2(c3ccccc3)N=[N+](c3ccccc3)N[C@@]12c1ccc([N+](=O)[O-])cc1. The third-order valence-electron chi connectivity index (χ3n) is 8.43. The van der Waals surface area contributed by atoms with Gasteiger partial charge in [-0.3, -0.25) is 25.0 Å². The number of hydrazine groups is 1. The molecule has 2 aliphatic rings. The molecule has 0 aliphatic carbocycles. The van der Waals surface area contributed by atoms with Gasteiger partial charge in [0, 0.05) is 57.6 Å². The molecule has 4 atom stereocenters. The number of fused-ring (bicyclic) bond motifs is 1. The quantitative estimate of drug-likeness (QED) is 0.125. The number of carbonyl (C=O) groups is 2. The normalized spacial score (nSPS) is 23.1. The molecule has 0 radical (unpaired) electrons. The summed E-state index contributed by atoms with van der Waals surface area (Å²) >= 11 is 0. The first kappa shape index (κ1) is 29.9. The number of anilines is 1. The fourth-order valence-electron chi connectivity index (χ4n) is 6.56. The van der Waals surface area contributed by atoms with E-state index in [4.69, 9.17) is 14.6 Å². The second-order valence-corrected chi connectivity index (χ2v) is 10.6. The van der Waals surface area contributed by atoms with Crippen LogP contribution in [0, 0.1) is 26.1 Å². The van der Waals surface area contributed by atoms with Gasteiger partial charge in [-0.2, -0.15) is 5.43 Å². The van der Waals surface area contributed by atoms with Gasteiger partial charge in [0.25, 0.3) is 22.7 Å². The lowest BCUT2D eigenvalue weighted by Gasteiger charge is -2.40. The lowest BCUT2D eigenvalue weighted by atomic mass is 9.69. The number of hydrogen-bond donors (Lipinski definition) is 1. The zero-order valence-corrected chi connectivity index (χ0v) is 24.5. The fourth-order valence-corrected chi connectivity index (χ4v) is 6.56. The Labute approximate surface area is 261 Å². The molecule has 1 N–H and O–H groups in total. The van der Waals surface area contributed by atoms with Crippen molar-refractivity contribution in [3.8, 4) is 0 Å². The molecule has 14 nitrogen and oxygen atoms in total. The fraction of sp³-hybridized carbons (Fsp3) is 0.188. The van der Waals surface area contributed by atoms with Crippen LogP contribution in [0.5, 0.6) is 0 Å². The molecule has 4 aromatic carbocycles. The Balaban J connectivity index is 1.78. The first-order chi connectivity index (χ1) is 22.2. The monoisotopic (exact) mass is 623 g/mol. The van der Waals surface area contributed by atoms with Gasteiger partial charge >= 0.3 is 11.9 Å². The maximum absolute atomic E-state index is 14.1. The third kappa shape index (κ3) is 4.33. The predicted molar refractivity (Wildman–Crippen MR) is 162 cm³/mol. The van der Waals surface area contributed by atoms with Gasteiger partial charge < -0.3 is 14.4 Å². The van der Waals surface area contributed by atoms with Crippen molar-refractivity contribution >= 4 is 34.7 Å². The Bertz CT molecular complexity index is 1850. The van der Waals surface area contributed by atoms with E-state index in [0.29, 0.717) is 22.5 Å². The molecule has 2 heterocycles. The van der Waals surface area contributed by atoms with Crippen LogP contribution in [0.4, 0.5) is 22.7 Å². The summed E-state index contributed by atoms with van der Waals surface area (Å²) in [5.41, 5.74) is 1.45. The topological polar surface area (TPSA) is 170 Å². The number of benzene rings is 4. The first-order valence-electron chi connectivity index (χ1n) is 14.1. The Morgan fingerprint density at radius 3 is 1.80 bits per heavy atom. The van der Waals surface area contributed by atoms with E-state index in [1.54, 1.807) is 59.5 Å². The van der Waals surface area contributed by atoms with E-state index in [1.165, 1.54) is 67.6 Å². The average Bonchev–Trinajstić information content (AvgIpc) is 3.57. The smallest absolute Gasteiger partial charge is 0.329 e. The number of hydrogen-bond acceptors (Lipinski definition) is 11. The van der Waals surface area contributed by atoms with Crippen molar-refractivity contribution in [3.63, 3.8) is 0 Å². The second kappa shape index (κ2) is 11.4. The summed E-state index contributed by atoms with van der Waals surface area (Å²) < 4.78 is 10.7. The molecule has 232 valence electrons. The van der Waals surface area contributed by atoms with Crippen LogP contribution in [0.15, 0.2) is 114 Å². The Morgan fingerprint density at radius 1 is 0.761 bits per heavy atom. The number of para-hydroxylation sites is 1. The van der Waals surface area contributed by atoms with Gasteiger partial charge in [-0.1, -0.05) is 48.5 Å². The molecule has 0 bridgehead atoms. The Kier molecular flexibility index (Phi) is 7.40. The first-order valence-corrected chi connectivity index (χ1v) is 14.1. The molecule has 1 saturated heterocycles. The van der Waals surface area contributed by atoms with E-state index in [-0.39, 0.29) is 11.4 Å². The van der Waals surface area contributed by atoms with Crippen LogP contribution >= 0.6 is 0 Å². The molecule has 0 aromatic heterocycles. The van der Waals surface area contributed by atoms with Crippen LogP contribution in [0.1, 0.15) is 11.1 Å². The molecule has 0 saturated carbocycles. The number of nitro benzene ring substituents is 2. The summed E-state index contributed by atoms with van der Waals surface area (Å²) in [6.07, 6.45) is 0. The maximum atomic E-state index is 14.1. The number of nitrogens with zero attached hydrogens (tertiary/aromatic N) is 5. The summed E-state index contributed by atoms with van der Waals surface area (Å²) in [6, 6.07) is 27.7. The number of nitro groups is 2. The number of rotatable bonds is 8. The summed E-state index contributed by atoms with van der Waals surface area (Å²) in [7, 11) is 2.38. The molecule has 14 heteroatoms. The number of methoxy groups -OCH3 is 2. The van der Waals surface area contributed by atoms with Crippen molar-refractivity contribution in [3.05, 3.63) is 141 Å². The van der Waals surface area contributed by atoms with E-state index in [0.717, 1.165) is 0 Å². The van der Waals surface area contributed by atoms with E-state index in [9.17, 15) is 29.8 Å². The van der Waals surface area contributed by atoms with E-state index >= 15 is 0 Å². The Hall–Kier alpha value is -6.18. The summed E-state index contributed by atoms with van der Waals surface area (Å²) in [6.45, 7) is 0. The van der Waals surface area contributed by atoms with Crippen molar-refractivity contribution in [1.82, 2.24) is 5.43 Å². The molecule has 0 spiro atoms. The third-order valence-corrected chi connectivity index (χ3v) is 8.43. The van der Waals surface area contributed by atoms with Crippen LogP contribution < -0.4 is 10.3 Å². The van der Waals surface area contributed by atoms with Gasteiger partial charge in [0.1, 0.15) is 12.0 Å². The summed E-state index contributed by atoms with van der Waals surface area (Å²) in [5, 5.41) is 28.5. The number of non-ortho nitro benzene ring substituents is 2. The van der Waals surface area contributed by atoms with Crippen molar-refractivity contribution in [2.75, 3.05) is 19.1 Å². The lowest BCUT2D eigenvalue weighted by Crippen LogP contribution is -2.59. The largest absolute Gasteiger partial charge is 0.469 e. The molecular formula is C32H27N6O8+. The molecule has 46 heavy (non-hydrogen) atoms. The molecule has 1 fully saturated rings. The molecule has 2 aliphatic heterocycles. The highest BCUT2D eigenvalue weighted by Gasteiger charge is 2.81. The van der Waals surface area contributed by atoms with Gasteiger partial charge in [0.15, 0.2) is 5.54 Å². The minimum atomic E-state index is -1.70. The van der Waals surface area contributed by atoms with Gasteiger partial charge in [0.2, 0.25) is 0 Å². The van der Waals surface area contributed by atoms with Gasteiger partial charge in [-0.15, -0.1) is 0 Å². The number of nitrogens with one attached hydrogen (secondary N) is 1. The lowest BCUT2D eigenvalue weighted by molar-refractivity contribution is -0.570. The maximum Gasteiger partial charge on any atom is 0.329 e. The standard InChI is InChI=1S/C32H27N6O8/c1-45-29(39)27-28(30(40)46-2)35(23-17-19-26(20-18-23)38(43)44)32(22-9-5-3-6-10-22)31(27,21-13-15-25(16-14-21)37(41)42)33-36(34-32)24-11-7-4-8-12-24/h3-20,27-28H,1-2H3,(H,33,34)/q+1/t27-,28+,31-,32+/m0/s1. The van der Waals surface area contributed by atoms with Crippen LogP contribution in [-0.4, -0.2) is 46.9 Å². The molecule has 6 rings (SSSR count). The van der Waals surface area contributed by atoms with Crippen molar-refractivity contribution in [2.45, 2.75) is 17.2 Å². The van der Waals surface area contributed by atoms with Crippen molar-refractivity contribution < 1.29 is 33.7 Å². The average molecular weight is 624 g/mol. The number of esters is 2. The molecule has 0 amide bonds. The minimum absolute atomic E-state index is 0.190. The summed E-state index contributed by atoms with van der Waals surface area (Å²) in [5.74, 6) is -2.99. The van der Waals surface area contributed by atoms with Crippen LogP contribution in [0.3, 0.4) is 0 Å². The van der Waals surface area contributed by atoms with Crippen LogP contribution in [0.2, 0.25) is 0 Å². The van der Waals surface area contributed by atoms with Gasteiger partial charge in [-0.25, -0.2) is 4.79 Å². The highest BCUT2D eigenvalue weighted by molar-refractivity contribution is 5.92.